The molecule has 0 aliphatic heterocycles. The Morgan fingerprint density at radius 1 is 1.38 bits per heavy atom. The highest BCUT2D eigenvalue weighted by atomic mass is 32.2. The molecule has 0 amide bonds. The molecule has 5 nitrogen and oxygen atoms in total. The van der Waals surface area contributed by atoms with E-state index in [4.69, 9.17) is 9.99 Å². The Kier molecular flexibility index (Phi) is 4.31. The first kappa shape index (κ1) is 17.0. The minimum atomic E-state index is -3.61. The Hall–Kier alpha value is -0.410. The van der Waals surface area contributed by atoms with Crippen LogP contribution < -0.4 is 0 Å². The molecule has 3 fully saturated rings. The van der Waals surface area contributed by atoms with E-state index < -0.39 is 34.8 Å². The molecule has 3 aliphatic carbocycles. The lowest BCUT2D eigenvalue weighted by molar-refractivity contribution is -0.433. The van der Waals surface area contributed by atoms with Crippen molar-refractivity contribution in [2.45, 2.75) is 50.6 Å². The van der Waals surface area contributed by atoms with Gasteiger partial charge in [-0.25, -0.2) is 5.26 Å². The van der Waals surface area contributed by atoms with Gasteiger partial charge in [0.15, 0.2) is 5.76 Å². The predicted octanol–water partition coefficient (Wildman–Crippen LogP) is 3.36. The molecule has 21 heavy (non-hydrogen) atoms. The molecule has 0 spiro atoms. The highest BCUT2D eigenvalue weighted by Crippen LogP contribution is 2.62. The summed E-state index contributed by atoms with van der Waals surface area (Å²) in [6.07, 6.45) is 0.520. The van der Waals surface area contributed by atoms with E-state index in [1.807, 2.05) is 0 Å². The number of rotatable bonds is 6. The maximum atomic E-state index is 13.7. The second-order valence-corrected chi connectivity index (χ2v) is 7.41. The predicted molar refractivity (Wildman–Crippen MR) is 72.0 cm³/mol. The van der Waals surface area contributed by atoms with E-state index in [1.165, 1.54) is 0 Å². The molecule has 3 rings (SSSR count). The first-order chi connectivity index (χ1) is 9.54. The summed E-state index contributed by atoms with van der Waals surface area (Å²) >= 11 is -0.425. The third-order valence-corrected chi connectivity index (χ3v) is 5.62. The monoisotopic (exact) mass is 326 g/mol. The maximum absolute atomic E-state index is 13.7. The second kappa shape index (κ2) is 5.34. The van der Waals surface area contributed by atoms with Crippen LogP contribution >= 0.6 is 12.0 Å². The van der Waals surface area contributed by atoms with Crippen LogP contribution in [0, 0.1) is 17.3 Å². The minimum Gasteiger partial charge on any atom is -0.482 e. The van der Waals surface area contributed by atoms with Crippen molar-refractivity contribution in [3.63, 3.8) is 0 Å². The van der Waals surface area contributed by atoms with Gasteiger partial charge in [0.05, 0.1) is 6.10 Å². The molecule has 8 heteroatoms. The molecule has 0 aromatic carbocycles. The second-order valence-electron chi connectivity index (χ2n) is 6.59. The Morgan fingerprint density at radius 2 is 2.00 bits per heavy atom. The minimum absolute atomic E-state index is 0.00523. The quantitative estimate of drug-likeness (QED) is 0.338. The number of hydrogen-bond acceptors (Lipinski definition) is 6. The van der Waals surface area contributed by atoms with Crippen LogP contribution in [0.3, 0.4) is 0 Å². The van der Waals surface area contributed by atoms with Gasteiger partial charge in [0, 0.05) is 0 Å². The maximum Gasteiger partial charge on any atom is 0.376 e. The third kappa shape index (κ3) is 2.79. The van der Waals surface area contributed by atoms with Crippen molar-refractivity contribution >= 4 is 12.0 Å². The SMILES string of the molecule is C=C(OC1(C)CC2CC(C1O)C2(C)C)C(F)(F)SOOO. The van der Waals surface area contributed by atoms with Crippen molar-refractivity contribution in [2.75, 3.05) is 0 Å². The average Bonchev–Trinajstić information content (AvgIpc) is 2.39. The Labute approximate surface area is 126 Å². The molecular weight excluding hydrogens is 306 g/mol. The topological polar surface area (TPSA) is 68.2 Å². The van der Waals surface area contributed by atoms with E-state index in [2.05, 4.69) is 29.8 Å². The lowest BCUT2D eigenvalue weighted by Gasteiger charge is -2.63. The summed E-state index contributed by atoms with van der Waals surface area (Å²) in [5, 5.41) is 17.9. The number of ether oxygens (including phenoxy) is 1. The van der Waals surface area contributed by atoms with Gasteiger partial charge in [0.1, 0.15) is 17.6 Å². The van der Waals surface area contributed by atoms with E-state index >= 15 is 0 Å². The van der Waals surface area contributed by atoms with Crippen LogP contribution in [0.5, 0.6) is 0 Å². The summed E-state index contributed by atoms with van der Waals surface area (Å²) in [6.45, 7) is 8.96. The normalized spacial score (nSPS) is 37.8. The van der Waals surface area contributed by atoms with Crippen LogP contribution in [0.1, 0.15) is 33.6 Å². The van der Waals surface area contributed by atoms with Crippen molar-refractivity contribution in [3.8, 4) is 0 Å². The number of hydrogen-bond donors (Lipinski definition) is 2. The molecule has 3 aliphatic rings. The number of halogens is 2. The average molecular weight is 326 g/mol. The fourth-order valence-corrected chi connectivity index (χ4v) is 3.77. The Balaban J connectivity index is 2.04. The highest BCUT2D eigenvalue weighted by Gasteiger charge is 2.63. The molecule has 4 unspecified atom stereocenters. The molecule has 0 saturated heterocycles. The molecule has 2 N–H and O–H groups in total. The summed E-state index contributed by atoms with van der Waals surface area (Å²) in [7, 11) is 0. The van der Waals surface area contributed by atoms with Gasteiger partial charge in [0.2, 0.25) is 0 Å². The van der Waals surface area contributed by atoms with Crippen LogP contribution in [0.2, 0.25) is 0 Å². The largest absolute Gasteiger partial charge is 0.482 e. The Morgan fingerprint density at radius 3 is 2.48 bits per heavy atom. The van der Waals surface area contributed by atoms with Crippen LogP contribution in [0.15, 0.2) is 12.3 Å². The third-order valence-electron chi connectivity index (χ3n) is 5.05. The van der Waals surface area contributed by atoms with Crippen molar-refractivity contribution in [1.82, 2.24) is 0 Å². The molecule has 2 bridgehead atoms. The summed E-state index contributed by atoms with van der Waals surface area (Å²) in [5.74, 6) is -0.500. The van der Waals surface area contributed by atoms with Crippen LogP contribution in [0.25, 0.3) is 0 Å². The van der Waals surface area contributed by atoms with Gasteiger partial charge in [-0.05, 0) is 37.0 Å². The van der Waals surface area contributed by atoms with Gasteiger partial charge < -0.3 is 9.84 Å². The first-order valence-electron chi connectivity index (χ1n) is 6.65. The smallest absolute Gasteiger partial charge is 0.376 e. The van der Waals surface area contributed by atoms with Crippen molar-refractivity contribution in [3.05, 3.63) is 12.3 Å². The fraction of sp³-hybridized carbons (Fsp3) is 0.846. The van der Waals surface area contributed by atoms with Crippen LogP contribution in [-0.4, -0.2) is 27.3 Å². The van der Waals surface area contributed by atoms with Crippen LogP contribution in [0.4, 0.5) is 8.78 Å². The summed E-state index contributed by atoms with van der Waals surface area (Å²) in [6, 6.07) is 0. The van der Waals surface area contributed by atoms with Crippen molar-refractivity contribution < 1.29 is 33.3 Å². The fourth-order valence-electron chi connectivity index (χ4n) is 3.52. The number of aliphatic hydroxyl groups excluding tert-OH is 1. The first-order valence-corrected chi connectivity index (χ1v) is 7.39. The Bertz CT molecular complexity index is 431. The number of fused-ring (bicyclic) bond motifs is 2. The van der Waals surface area contributed by atoms with Crippen LogP contribution in [-0.2, 0) is 14.1 Å². The van der Waals surface area contributed by atoms with Gasteiger partial charge in [-0.15, -0.1) is 4.33 Å². The molecule has 4 atom stereocenters. The van der Waals surface area contributed by atoms with Gasteiger partial charge in [-0.2, -0.15) is 8.78 Å². The summed E-state index contributed by atoms with van der Waals surface area (Å²) in [5.41, 5.74) is -1.11. The number of aliphatic hydroxyl groups is 1. The molecule has 0 aromatic heterocycles. The lowest BCUT2D eigenvalue weighted by Crippen LogP contribution is -2.65. The molecule has 0 radical (unpaired) electrons. The number of alkyl halides is 2. The van der Waals surface area contributed by atoms with Crippen molar-refractivity contribution in [2.24, 2.45) is 17.3 Å². The standard InChI is InChI=1S/C13H20F2O5S/c1-7(13(14,15)21-20-19-17)18-12(4)6-8-5-9(10(12)16)11(8,2)3/h8-10,16-17H,1,5-6H2,2-4H3. The van der Waals surface area contributed by atoms with Gasteiger partial charge in [-0.3, -0.25) is 0 Å². The van der Waals surface area contributed by atoms with E-state index in [0.717, 1.165) is 6.42 Å². The molecule has 0 aromatic rings. The summed E-state index contributed by atoms with van der Waals surface area (Å²) in [4.78, 5) is 0. The highest BCUT2D eigenvalue weighted by molar-refractivity contribution is 7.95. The summed E-state index contributed by atoms with van der Waals surface area (Å²) < 4.78 is 36.4. The van der Waals surface area contributed by atoms with Crippen molar-refractivity contribution in [1.29, 1.82) is 0 Å². The van der Waals surface area contributed by atoms with Gasteiger partial charge in [0.25, 0.3) is 0 Å². The lowest BCUT2D eigenvalue weighted by atomic mass is 9.45. The van der Waals surface area contributed by atoms with Gasteiger partial charge >= 0.3 is 5.25 Å². The van der Waals surface area contributed by atoms with E-state index in [1.54, 1.807) is 6.92 Å². The zero-order chi connectivity index (χ0) is 16.1. The molecule has 0 heterocycles. The van der Waals surface area contributed by atoms with Gasteiger partial charge in [-0.1, -0.05) is 25.5 Å². The zero-order valence-corrected chi connectivity index (χ0v) is 13.0. The van der Waals surface area contributed by atoms with E-state index in [0.29, 0.717) is 12.3 Å². The molecule has 3 saturated carbocycles. The van der Waals surface area contributed by atoms with E-state index in [9.17, 15) is 13.9 Å². The van der Waals surface area contributed by atoms with E-state index in [-0.39, 0.29) is 11.3 Å². The molecule has 122 valence electrons. The molecular formula is C13H20F2O5S. The zero-order valence-electron chi connectivity index (χ0n) is 12.1.